The predicted octanol–water partition coefficient (Wildman–Crippen LogP) is -0.452. The zero-order valence-corrected chi connectivity index (χ0v) is 7.51. The minimum absolute atomic E-state index is 0.0207. The summed E-state index contributed by atoms with van der Waals surface area (Å²) < 4.78 is 1.62. The van der Waals surface area contributed by atoms with Gasteiger partial charge in [-0.3, -0.25) is 9.59 Å². The van der Waals surface area contributed by atoms with E-state index >= 15 is 0 Å². The van der Waals surface area contributed by atoms with E-state index in [1.807, 2.05) is 0 Å². The summed E-state index contributed by atoms with van der Waals surface area (Å²) in [4.78, 5) is 21.1. The van der Waals surface area contributed by atoms with Crippen LogP contribution in [-0.2, 0) is 11.3 Å². The molecule has 5 nitrogen and oxygen atoms in total. The second-order valence-corrected chi connectivity index (χ2v) is 2.84. The summed E-state index contributed by atoms with van der Waals surface area (Å²) in [5, 5.41) is 8.45. The maximum absolute atomic E-state index is 10.8. The molecule has 1 heterocycles. The summed E-state index contributed by atoms with van der Waals surface area (Å²) in [5.41, 5.74) is 5.44. The highest BCUT2D eigenvalue weighted by atomic mass is 16.4. The number of aromatic nitrogens is 1. The number of pyridine rings is 1. The van der Waals surface area contributed by atoms with E-state index in [2.05, 4.69) is 0 Å². The van der Waals surface area contributed by atoms with Crippen molar-refractivity contribution in [3.63, 3.8) is 0 Å². The van der Waals surface area contributed by atoms with Crippen LogP contribution in [0.25, 0.3) is 0 Å². The Balaban J connectivity index is 2.73. The lowest BCUT2D eigenvalue weighted by molar-refractivity contribution is -0.696. The largest absolute Gasteiger partial charge is 0.481 e. The minimum atomic E-state index is -0.873. The Bertz CT molecular complexity index is 363. The van der Waals surface area contributed by atoms with Crippen molar-refractivity contribution in [2.75, 3.05) is 0 Å². The SMILES string of the molecule is NC(=O)c1ccc[n+](CCC(=O)O)c1. The van der Waals surface area contributed by atoms with Crippen LogP contribution in [0.4, 0.5) is 0 Å². The van der Waals surface area contributed by atoms with Crippen LogP contribution in [0.5, 0.6) is 0 Å². The number of carbonyl (C=O) groups excluding carboxylic acids is 1. The first-order valence-electron chi connectivity index (χ1n) is 4.10. The second kappa shape index (κ2) is 4.36. The van der Waals surface area contributed by atoms with Gasteiger partial charge in [-0.15, -0.1) is 0 Å². The van der Waals surface area contributed by atoms with Gasteiger partial charge in [-0.25, -0.2) is 4.57 Å². The molecular weight excluding hydrogens is 184 g/mol. The van der Waals surface area contributed by atoms with E-state index in [1.165, 1.54) is 6.20 Å². The van der Waals surface area contributed by atoms with Gasteiger partial charge in [0.25, 0.3) is 5.91 Å². The van der Waals surface area contributed by atoms with E-state index in [1.54, 1.807) is 22.9 Å². The summed E-state index contributed by atoms with van der Waals surface area (Å²) >= 11 is 0. The molecule has 1 rings (SSSR count). The van der Waals surface area contributed by atoms with Gasteiger partial charge in [0.2, 0.25) is 0 Å². The van der Waals surface area contributed by atoms with Crippen molar-refractivity contribution in [1.82, 2.24) is 0 Å². The minimum Gasteiger partial charge on any atom is -0.481 e. The molecule has 0 aromatic carbocycles. The normalized spacial score (nSPS) is 9.71. The molecule has 0 aliphatic rings. The molecule has 1 aromatic heterocycles. The first-order valence-corrected chi connectivity index (χ1v) is 4.10. The first kappa shape index (κ1) is 10.2. The molecule has 0 fully saturated rings. The van der Waals surface area contributed by atoms with Gasteiger partial charge in [0.1, 0.15) is 12.0 Å². The van der Waals surface area contributed by atoms with Crippen LogP contribution in [-0.4, -0.2) is 17.0 Å². The Hall–Kier alpha value is -1.91. The topological polar surface area (TPSA) is 84.3 Å². The molecule has 0 spiro atoms. The third kappa shape index (κ3) is 2.85. The molecule has 3 N–H and O–H groups in total. The van der Waals surface area contributed by atoms with Crippen LogP contribution in [0, 0.1) is 0 Å². The fraction of sp³-hybridized carbons (Fsp3) is 0.222. The monoisotopic (exact) mass is 195 g/mol. The van der Waals surface area contributed by atoms with Crippen molar-refractivity contribution in [3.05, 3.63) is 30.1 Å². The number of carboxylic acid groups (broad SMARTS) is 1. The number of hydrogen-bond donors (Lipinski definition) is 2. The second-order valence-electron chi connectivity index (χ2n) is 2.84. The molecule has 0 unspecified atom stereocenters. The van der Waals surface area contributed by atoms with E-state index in [0.717, 1.165) is 0 Å². The highest BCUT2D eigenvalue weighted by Crippen LogP contribution is 1.92. The van der Waals surface area contributed by atoms with Crippen LogP contribution in [0.1, 0.15) is 16.8 Å². The Labute approximate surface area is 80.8 Å². The van der Waals surface area contributed by atoms with Crippen LogP contribution in [0.15, 0.2) is 24.5 Å². The molecule has 0 atom stereocenters. The molecule has 14 heavy (non-hydrogen) atoms. The fourth-order valence-electron chi connectivity index (χ4n) is 1.03. The van der Waals surface area contributed by atoms with Crippen LogP contribution >= 0.6 is 0 Å². The number of primary amides is 1. The Morgan fingerprint density at radius 3 is 2.79 bits per heavy atom. The Morgan fingerprint density at radius 2 is 2.21 bits per heavy atom. The average Bonchev–Trinajstić information content (AvgIpc) is 2.15. The number of amides is 1. The molecule has 0 saturated heterocycles. The van der Waals surface area contributed by atoms with Gasteiger partial charge in [-0.2, -0.15) is 0 Å². The van der Waals surface area contributed by atoms with E-state index in [9.17, 15) is 9.59 Å². The van der Waals surface area contributed by atoms with Crippen molar-refractivity contribution in [2.45, 2.75) is 13.0 Å². The molecule has 5 heteroatoms. The van der Waals surface area contributed by atoms with Crippen LogP contribution in [0.3, 0.4) is 0 Å². The number of aliphatic carboxylic acids is 1. The number of rotatable bonds is 4. The van der Waals surface area contributed by atoms with E-state index in [0.29, 0.717) is 12.1 Å². The molecule has 0 aliphatic heterocycles. The average molecular weight is 195 g/mol. The molecule has 0 aliphatic carbocycles. The summed E-state index contributed by atoms with van der Waals surface area (Å²) in [6.07, 6.45) is 3.24. The van der Waals surface area contributed by atoms with Crippen LogP contribution < -0.4 is 10.3 Å². The maximum Gasteiger partial charge on any atom is 0.309 e. The van der Waals surface area contributed by atoms with Crippen molar-refractivity contribution < 1.29 is 19.3 Å². The van der Waals surface area contributed by atoms with Crippen molar-refractivity contribution in [2.24, 2.45) is 5.73 Å². The lowest BCUT2D eigenvalue weighted by Gasteiger charge is -1.95. The van der Waals surface area contributed by atoms with Gasteiger partial charge < -0.3 is 10.8 Å². The first-order chi connectivity index (χ1) is 6.59. The number of nitrogens with zero attached hydrogens (tertiary/aromatic N) is 1. The number of carbonyl (C=O) groups is 2. The summed E-state index contributed by atoms with van der Waals surface area (Å²) in [5.74, 6) is -1.39. The highest BCUT2D eigenvalue weighted by molar-refractivity contribution is 5.92. The molecule has 0 saturated carbocycles. The third-order valence-corrected chi connectivity index (χ3v) is 1.73. The molecule has 1 amide bonds. The molecule has 0 radical (unpaired) electrons. The number of aryl methyl sites for hydroxylation is 1. The van der Waals surface area contributed by atoms with Gasteiger partial charge >= 0.3 is 5.97 Å². The highest BCUT2D eigenvalue weighted by Gasteiger charge is 2.08. The van der Waals surface area contributed by atoms with Crippen molar-refractivity contribution in [1.29, 1.82) is 0 Å². The van der Waals surface area contributed by atoms with Gasteiger partial charge in [-0.05, 0) is 6.07 Å². The standard InChI is InChI=1S/C9H10N2O3/c10-9(14)7-2-1-4-11(6-7)5-3-8(12)13/h1-2,4,6H,3,5H2,(H2-,10,12,13,14)/p+1. The molecule has 0 bridgehead atoms. The third-order valence-electron chi connectivity index (χ3n) is 1.73. The van der Waals surface area contributed by atoms with E-state index in [4.69, 9.17) is 10.8 Å². The van der Waals surface area contributed by atoms with E-state index < -0.39 is 11.9 Å². The summed E-state index contributed by atoms with van der Waals surface area (Å²) in [6, 6.07) is 3.24. The van der Waals surface area contributed by atoms with Crippen LogP contribution in [0.2, 0.25) is 0 Å². The summed E-state index contributed by atoms with van der Waals surface area (Å²) in [6.45, 7) is 0.330. The number of carboxylic acids is 1. The quantitative estimate of drug-likeness (QED) is 0.638. The van der Waals surface area contributed by atoms with Crippen molar-refractivity contribution in [3.8, 4) is 0 Å². The Morgan fingerprint density at radius 1 is 1.50 bits per heavy atom. The number of hydrogen-bond acceptors (Lipinski definition) is 2. The number of nitrogens with two attached hydrogens (primary N) is 1. The lowest BCUT2D eigenvalue weighted by atomic mass is 10.2. The lowest BCUT2D eigenvalue weighted by Crippen LogP contribution is -2.35. The molecule has 74 valence electrons. The molecule has 1 aromatic rings. The maximum atomic E-state index is 10.8. The van der Waals surface area contributed by atoms with Gasteiger partial charge in [0.05, 0.1) is 0 Å². The molecular formula is C9H11N2O3+. The van der Waals surface area contributed by atoms with E-state index in [-0.39, 0.29) is 6.42 Å². The predicted molar refractivity (Wildman–Crippen MR) is 47.4 cm³/mol. The smallest absolute Gasteiger partial charge is 0.309 e. The zero-order chi connectivity index (χ0) is 10.6. The van der Waals surface area contributed by atoms with Gasteiger partial charge in [0.15, 0.2) is 18.9 Å². The van der Waals surface area contributed by atoms with Gasteiger partial charge in [0, 0.05) is 6.07 Å². The van der Waals surface area contributed by atoms with Gasteiger partial charge in [-0.1, -0.05) is 0 Å². The Kier molecular flexibility index (Phi) is 3.17. The summed E-state index contributed by atoms with van der Waals surface area (Å²) in [7, 11) is 0. The zero-order valence-electron chi connectivity index (χ0n) is 7.51. The van der Waals surface area contributed by atoms with Crippen molar-refractivity contribution >= 4 is 11.9 Å². The fourth-order valence-corrected chi connectivity index (χ4v) is 1.03.